The molecule has 1 heterocycles. The Morgan fingerprint density at radius 3 is 2.36 bits per heavy atom. The first kappa shape index (κ1) is 8.49. The molecule has 1 N–H and O–H groups in total. The molecule has 1 amide bonds. The summed E-state index contributed by atoms with van der Waals surface area (Å²) in [6.07, 6.45) is 0.0783. The molecule has 0 aliphatic carbocycles. The zero-order valence-corrected chi connectivity index (χ0v) is 7.24. The first-order chi connectivity index (χ1) is 4.95. The van der Waals surface area contributed by atoms with Gasteiger partial charge in [-0.3, -0.25) is 4.79 Å². The van der Waals surface area contributed by atoms with E-state index in [4.69, 9.17) is 0 Å². The first-order valence-electron chi connectivity index (χ1n) is 3.76. The minimum absolute atomic E-state index is 0.0694. The number of amides is 1. The Hall–Kier alpha value is -0.610. The number of hydrogen-bond donors (Lipinski definition) is 1. The summed E-state index contributed by atoms with van der Waals surface area (Å²) in [5.74, 6) is -0.0694. The molecule has 0 unspecified atom stereocenters. The van der Waals surface area contributed by atoms with Crippen molar-refractivity contribution in [3.63, 3.8) is 0 Å². The molecule has 4 nitrogen and oxygen atoms in total. The number of carbonyl (C=O) groups excluding carboxylic acids is 1. The maximum atomic E-state index is 11.0. The molecule has 0 saturated carbocycles. The second kappa shape index (κ2) is 2.46. The van der Waals surface area contributed by atoms with Crippen molar-refractivity contribution in [2.75, 3.05) is 20.6 Å². The summed E-state index contributed by atoms with van der Waals surface area (Å²) < 4.78 is 0.469. The molecule has 64 valence electrons. The highest BCUT2D eigenvalue weighted by Gasteiger charge is 2.41. The van der Waals surface area contributed by atoms with Crippen LogP contribution >= 0.6 is 0 Å². The quantitative estimate of drug-likeness (QED) is 0.486. The van der Waals surface area contributed by atoms with Crippen LogP contribution in [0.15, 0.2) is 0 Å². The van der Waals surface area contributed by atoms with E-state index in [0.29, 0.717) is 11.0 Å². The van der Waals surface area contributed by atoms with Gasteiger partial charge in [0.15, 0.2) is 6.23 Å². The number of quaternary nitrogens is 1. The summed E-state index contributed by atoms with van der Waals surface area (Å²) >= 11 is 0. The number of aliphatic hydroxyl groups is 1. The average Bonchev–Trinajstić information content (AvgIpc) is 2.06. The third-order valence-electron chi connectivity index (χ3n) is 2.12. The normalized spacial score (nSPS) is 29.1. The summed E-state index contributed by atoms with van der Waals surface area (Å²) in [5.41, 5.74) is 0. The fourth-order valence-electron chi connectivity index (χ4n) is 1.61. The third kappa shape index (κ3) is 1.36. The molecule has 0 radical (unpaired) electrons. The highest BCUT2D eigenvalue weighted by molar-refractivity contribution is 5.72. The fraction of sp³-hybridized carbons (Fsp3) is 0.857. The number of rotatable bonds is 0. The van der Waals surface area contributed by atoms with Crippen LogP contribution < -0.4 is 0 Å². The van der Waals surface area contributed by atoms with E-state index in [0.717, 1.165) is 6.54 Å². The lowest BCUT2D eigenvalue weighted by Crippen LogP contribution is -2.54. The van der Waals surface area contributed by atoms with Gasteiger partial charge in [-0.1, -0.05) is 0 Å². The number of carbonyl (C=O) groups is 1. The van der Waals surface area contributed by atoms with E-state index in [1.807, 2.05) is 14.1 Å². The molecule has 0 spiro atoms. The summed E-state index contributed by atoms with van der Waals surface area (Å²) in [4.78, 5) is 11.0. The van der Waals surface area contributed by atoms with E-state index < -0.39 is 6.23 Å². The number of nitrogens with zero attached hydrogens (tertiary/aromatic N) is 2. The molecule has 1 saturated heterocycles. The monoisotopic (exact) mass is 159 g/mol. The van der Waals surface area contributed by atoms with Crippen LogP contribution in [0.5, 0.6) is 0 Å². The lowest BCUT2D eigenvalue weighted by atomic mass is 10.4. The Morgan fingerprint density at radius 2 is 2.18 bits per heavy atom. The van der Waals surface area contributed by atoms with Gasteiger partial charge in [-0.05, 0) is 0 Å². The largest absolute Gasteiger partial charge is 0.369 e. The maximum absolute atomic E-state index is 11.0. The van der Waals surface area contributed by atoms with Gasteiger partial charge in [0.05, 0.1) is 14.1 Å². The topological polar surface area (TPSA) is 40.5 Å². The molecule has 1 rings (SSSR count). The maximum Gasteiger partial charge on any atom is 0.267 e. The van der Waals surface area contributed by atoms with Crippen LogP contribution in [0, 0.1) is 0 Å². The van der Waals surface area contributed by atoms with E-state index in [-0.39, 0.29) is 5.91 Å². The molecule has 1 fully saturated rings. The van der Waals surface area contributed by atoms with Crippen LogP contribution in [0.3, 0.4) is 0 Å². The zero-order chi connectivity index (χ0) is 8.65. The Bertz CT molecular complexity index is 179. The van der Waals surface area contributed by atoms with Gasteiger partial charge >= 0.3 is 0 Å². The van der Waals surface area contributed by atoms with E-state index in [2.05, 4.69) is 0 Å². The molecule has 1 aliphatic heterocycles. The highest BCUT2D eigenvalue weighted by Crippen LogP contribution is 2.20. The Morgan fingerprint density at radius 1 is 1.64 bits per heavy atom. The van der Waals surface area contributed by atoms with Gasteiger partial charge in [0, 0.05) is 13.3 Å². The van der Waals surface area contributed by atoms with Gasteiger partial charge in [-0.15, -0.1) is 0 Å². The predicted molar refractivity (Wildman–Crippen MR) is 40.1 cm³/mol. The molecular formula is C7H15N2O2+. The molecule has 1 atom stereocenters. The van der Waals surface area contributed by atoms with Crippen LogP contribution in [0.1, 0.15) is 13.3 Å². The van der Waals surface area contributed by atoms with E-state index >= 15 is 0 Å². The molecule has 0 aromatic rings. The van der Waals surface area contributed by atoms with Crippen molar-refractivity contribution in [1.29, 1.82) is 0 Å². The highest BCUT2D eigenvalue weighted by atomic mass is 16.3. The fourth-order valence-corrected chi connectivity index (χ4v) is 1.61. The molecule has 11 heavy (non-hydrogen) atoms. The average molecular weight is 159 g/mol. The Kier molecular flexibility index (Phi) is 1.90. The lowest BCUT2D eigenvalue weighted by Gasteiger charge is -2.33. The molecular weight excluding hydrogens is 144 g/mol. The third-order valence-corrected chi connectivity index (χ3v) is 2.12. The second-order valence-electron chi connectivity index (χ2n) is 3.48. The van der Waals surface area contributed by atoms with Gasteiger partial charge in [0.25, 0.3) is 5.91 Å². The summed E-state index contributed by atoms with van der Waals surface area (Å²) in [6, 6.07) is 0. The van der Waals surface area contributed by atoms with Gasteiger partial charge in [-0.25, -0.2) is 4.59 Å². The van der Waals surface area contributed by atoms with Crippen molar-refractivity contribution < 1.29 is 14.5 Å². The lowest BCUT2D eigenvalue weighted by molar-refractivity contribution is -0.981. The first-order valence-corrected chi connectivity index (χ1v) is 3.76. The summed E-state index contributed by atoms with van der Waals surface area (Å²) in [6.45, 7) is 2.30. The molecule has 0 aromatic heterocycles. The van der Waals surface area contributed by atoms with Crippen molar-refractivity contribution in [1.82, 2.24) is 5.01 Å². The van der Waals surface area contributed by atoms with Gasteiger partial charge < -0.3 is 5.11 Å². The molecule has 0 aromatic carbocycles. The standard InChI is InChI=1S/C7H15N2O2/c1-6(10)8-7(11)4-5-9(8,2)3/h7,11H,4-5H2,1-3H3/q+1/t7-/m1/s1. The van der Waals surface area contributed by atoms with Crippen molar-refractivity contribution in [2.24, 2.45) is 0 Å². The zero-order valence-electron chi connectivity index (χ0n) is 7.24. The molecule has 0 bridgehead atoms. The second-order valence-corrected chi connectivity index (χ2v) is 3.48. The Balaban J connectivity index is 2.80. The van der Waals surface area contributed by atoms with Crippen LogP contribution in [0.4, 0.5) is 0 Å². The summed E-state index contributed by atoms with van der Waals surface area (Å²) in [7, 11) is 3.83. The Labute approximate surface area is 66.6 Å². The minimum Gasteiger partial charge on any atom is -0.369 e. The predicted octanol–water partition coefficient (Wildman–Crippen LogP) is -0.452. The van der Waals surface area contributed by atoms with Crippen molar-refractivity contribution in [3.8, 4) is 0 Å². The number of hydrogen-bond acceptors (Lipinski definition) is 2. The number of aliphatic hydroxyl groups excluding tert-OH is 1. The SMILES string of the molecule is CC(=O)N1[C@H](O)CC[N+]1(C)C. The van der Waals surface area contributed by atoms with Gasteiger partial charge in [0.2, 0.25) is 0 Å². The van der Waals surface area contributed by atoms with Crippen LogP contribution in [0.25, 0.3) is 0 Å². The minimum atomic E-state index is -0.595. The van der Waals surface area contributed by atoms with E-state index in [1.54, 1.807) is 0 Å². The molecule has 1 aliphatic rings. The van der Waals surface area contributed by atoms with Crippen molar-refractivity contribution >= 4 is 5.91 Å². The van der Waals surface area contributed by atoms with Crippen LogP contribution in [-0.4, -0.2) is 47.5 Å². The van der Waals surface area contributed by atoms with Crippen molar-refractivity contribution in [3.05, 3.63) is 0 Å². The smallest absolute Gasteiger partial charge is 0.267 e. The van der Waals surface area contributed by atoms with Crippen LogP contribution in [0.2, 0.25) is 0 Å². The summed E-state index contributed by atoms with van der Waals surface area (Å²) in [5, 5.41) is 10.9. The van der Waals surface area contributed by atoms with Gasteiger partial charge in [0.1, 0.15) is 6.54 Å². The molecule has 4 heteroatoms. The van der Waals surface area contributed by atoms with E-state index in [9.17, 15) is 9.90 Å². The van der Waals surface area contributed by atoms with E-state index in [1.165, 1.54) is 11.9 Å². The van der Waals surface area contributed by atoms with Gasteiger partial charge in [-0.2, -0.15) is 5.01 Å². The van der Waals surface area contributed by atoms with Crippen molar-refractivity contribution in [2.45, 2.75) is 19.6 Å². The van der Waals surface area contributed by atoms with Crippen LogP contribution in [-0.2, 0) is 4.79 Å².